The molecule has 1 heterocycles. The van der Waals surface area contributed by atoms with Crippen molar-refractivity contribution in [2.45, 2.75) is 39.5 Å². The van der Waals surface area contributed by atoms with Crippen molar-refractivity contribution < 1.29 is 4.79 Å². The molecule has 4 nitrogen and oxygen atoms in total. The average molecular weight is 233 g/mol. The Kier molecular flexibility index (Phi) is 2.45. The number of aromatic nitrogens is 2. The quantitative estimate of drug-likeness (QED) is 0.839. The monoisotopic (exact) mass is 233 g/mol. The number of hydrogen-bond acceptors (Lipinski definition) is 2. The van der Waals surface area contributed by atoms with E-state index in [-0.39, 0.29) is 11.8 Å². The summed E-state index contributed by atoms with van der Waals surface area (Å²) in [6.45, 7) is 3.86. The number of anilines is 1. The minimum absolute atomic E-state index is 0.211. The average Bonchev–Trinajstić information content (AvgIpc) is 3.16. The molecule has 0 radical (unpaired) electrons. The maximum atomic E-state index is 12.3. The van der Waals surface area contributed by atoms with Gasteiger partial charge in [0.25, 0.3) is 0 Å². The van der Waals surface area contributed by atoms with Crippen molar-refractivity contribution in [3.05, 3.63) is 11.4 Å². The number of nitrogens with one attached hydrogen (secondary N) is 2. The first-order valence-corrected chi connectivity index (χ1v) is 6.49. The van der Waals surface area contributed by atoms with E-state index < -0.39 is 0 Å². The van der Waals surface area contributed by atoms with Gasteiger partial charge >= 0.3 is 0 Å². The summed E-state index contributed by atoms with van der Waals surface area (Å²) in [7, 11) is 0. The van der Waals surface area contributed by atoms with Crippen LogP contribution in [0.5, 0.6) is 0 Å². The van der Waals surface area contributed by atoms with Crippen molar-refractivity contribution in [1.82, 2.24) is 10.2 Å². The molecule has 2 aliphatic rings. The van der Waals surface area contributed by atoms with Crippen LogP contribution in [0.4, 0.5) is 5.69 Å². The van der Waals surface area contributed by atoms with Gasteiger partial charge < -0.3 is 5.32 Å². The third-order valence-electron chi connectivity index (χ3n) is 3.94. The van der Waals surface area contributed by atoms with Gasteiger partial charge in [-0.3, -0.25) is 9.89 Å². The molecule has 2 N–H and O–H groups in total. The van der Waals surface area contributed by atoms with E-state index >= 15 is 0 Å². The van der Waals surface area contributed by atoms with Crippen molar-refractivity contribution >= 4 is 11.6 Å². The van der Waals surface area contributed by atoms with E-state index in [1.165, 1.54) is 25.7 Å². The Morgan fingerprint density at radius 3 is 2.29 bits per heavy atom. The molecular formula is C13H19N3O. The number of aromatic amines is 1. The summed E-state index contributed by atoms with van der Waals surface area (Å²) in [6.07, 6.45) is 4.94. The van der Waals surface area contributed by atoms with Gasteiger partial charge in [-0.05, 0) is 51.4 Å². The Bertz CT molecular complexity index is 412. The summed E-state index contributed by atoms with van der Waals surface area (Å²) in [5.74, 6) is 1.76. The predicted molar refractivity (Wildman–Crippen MR) is 65.6 cm³/mol. The molecule has 1 aromatic rings. The molecule has 0 unspecified atom stereocenters. The summed E-state index contributed by atoms with van der Waals surface area (Å²) < 4.78 is 0. The van der Waals surface area contributed by atoms with Crippen LogP contribution in [0.3, 0.4) is 0 Å². The van der Waals surface area contributed by atoms with Crippen LogP contribution < -0.4 is 5.32 Å². The van der Waals surface area contributed by atoms with Gasteiger partial charge in [-0.2, -0.15) is 5.10 Å². The zero-order valence-electron chi connectivity index (χ0n) is 10.4. The van der Waals surface area contributed by atoms with Gasteiger partial charge in [0.2, 0.25) is 5.91 Å². The second kappa shape index (κ2) is 3.86. The molecule has 17 heavy (non-hydrogen) atoms. The first-order valence-electron chi connectivity index (χ1n) is 6.49. The van der Waals surface area contributed by atoms with Gasteiger partial charge in [0.05, 0.1) is 17.1 Å². The lowest BCUT2D eigenvalue weighted by atomic mass is 9.97. The lowest BCUT2D eigenvalue weighted by Gasteiger charge is -2.15. The summed E-state index contributed by atoms with van der Waals surface area (Å²) in [5.41, 5.74) is 2.70. The zero-order chi connectivity index (χ0) is 12.0. The van der Waals surface area contributed by atoms with E-state index in [0.717, 1.165) is 17.1 Å². The highest BCUT2D eigenvalue weighted by molar-refractivity contribution is 5.94. The molecule has 2 aliphatic carbocycles. The fraction of sp³-hybridized carbons (Fsp3) is 0.692. The number of aryl methyl sites for hydroxylation is 2. The minimum Gasteiger partial charge on any atom is -0.323 e. The van der Waals surface area contributed by atoms with E-state index in [9.17, 15) is 4.79 Å². The van der Waals surface area contributed by atoms with Crippen LogP contribution in [0, 0.1) is 31.6 Å². The lowest BCUT2D eigenvalue weighted by molar-refractivity contribution is -0.121. The van der Waals surface area contributed by atoms with Crippen LogP contribution in [-0.2, 0) is 4.79 Å². The molecule has 1 aromatic heterocycles. The number of carbonyl (C=O) groups is 1. The SMILES string of the molecule is Cc1n[nH]c(C)c1NC(=O)C(C1CC1)C1CC1. The summed E-state index contributed by atoms with van der Waals surface area (Å²) in [5, 5.41) is 10.1. The van der Waals surface area contributed by atoms with E-state index in [1.807, 2.05) is 13.8 Å². The molecule has 0 bridgehead atoms. The van der Waals surface area contributed by atoms with Crippen molar-refractivity contribution in [2.24, 2.45) is 17.8 Å². The van der Waals surface area contributed by atoms with E-state index in [1.54, 1.807) is 0 Å². The Labute approximate surface area is 101 Å². The van der Waals surface area contributed by atoms with Crippen LogP contribution in [0.15, 0.2) is 0 Å². The van der Waals surface area contributed by atoms with Crippen LogP contribution >= 0.6 is 0 Å². The third-order valence-corrected chi connectivity index (χ3v) is 3.94. The molecule has 2 saturated carbocycles. The van der Waals surface area contributed by atoms with E-state index in [2.05, 4.69) is 15.5 Å². The largest absolute Gasteiger partial charge is 0.323 e. The van der Waals surface area contributed by atoms with Gasteiger partial charge in [-0.25, -0.2) is 0 Å². The highest BCUT2D eigenvalue weighted by atomic mass is 16.2. The van der Waals surface area contributed by atoms with Crippen molar-refractivity contribution in [2.75, 3.05) is 5.32 Å². The highest BCUT2D eigenvalue weighted by Gasteiger charge is 2.45. The first kappa shape index (κ1) is 10.8. The maximum Gasteiger partial charge on any atom is 0.228 e. The molecule has 3 rings (SSSR count). The number of nitrogens with zero attached hydrogens (tertiary/aromatic N) is 1. The molecule has 0 aliphatic heterocycles. The van der Waals surface area contributed by atoms with Crippen molar-refractivity contribution in [3.8, 4) is 0 Å². The van der Waals surface area contributed by atoms with Gasteiger partial charge in [0.15, 0.2) is 0 Å². The summed E-state index contributed by atoms with van der Waals surface area (Å²) in [6, 6.07) is 0. The molecule has 0 atom stereocenters. The molecule has 0 spiro atoms. The fourth-order valence-corrected chi connectivity index (χ4v) is 2.67. The Morgan fingerprint density at radius 2 is 1.88 bits per heavy atom. The van der Waals surface area contributed by atoms with Gasteiger partial charge in [-0.1, -0.05) is 0 Å². The fourth-order valence-electron chi connectivity index (χ4n) is 2.67. The van der Waals surface area contributed by atoms with Crippen molar-refractivity contribution in [1.29, 1.82) is 0 Å². The second-order valence-corrected chi connectivity index (χ2v) is 5.50. The Balaban J connectivity index is 1.73. The maximum absolute atomic E-state index is 12.3. The third kappa shape index (κ3) is 2.08. The van der Waals surface area contributed by atoms with Crippen LogP contribution in [0.1, 0.15) is 37.1 Å². The van der Waals surface area contributed by atoms with E-state index in [0.29, 0.717) is 11.8 Å². The molecule has 1 amide bonds. The number of hydrogen-bond donors (Lipinski definition) is 2. The smallest absolute Gasteiger partial charge is 0.228 e. The normalized spacial score (nSPS) is 19.7. The zero-order valence-corrected chi connectivity index (χ0v) is 10.4. The first-order chi connectivity index (χ1) is 8.16. The van der Waals surface area contributed by atoms with Gasteiger partial charge in [-0.15, -0.1) is 0 Å². The highest BCUT2D eigenvalue weighted by Crippen LogP contribution is 2.49. The molecule has 4 heteroatoms. The number of amides is 1. The summed E-state index contributed by atoms with van der Waals surface area (Å²) in [4.78, 5) is 12.3. The second-order valence-electron chi connectivity index (χ2n) is 5.50. The number of rotatable bonds is 4. The Hall–Kier alpha value is -1.32. The molecule has 0 saturated heterocycles. The molecule has 92 valence electrons. The van der Waals surface area contributed by atoms with Crippen LogP contribution in [0.25, 0.3) is 0 Å². The molecule has 0 aromatic carbocycles. The topological polar surface area (TPSA) is 57.8 Å². The standard InChI is InChI=1S/C13H19N3O/c1-7-12(8(2)16-15-7)14-13(17)11(9-3-4-9)10-5-6-10/h9-11H,3-6H2,1-2H3,(H,14,17)(H,15,16). The minimum atomic E-state index is 0.211. The Morgan fingerprint density at radius 1 is 1.29 bits per heavy atom. The number of carbonyl (C=O) groups excluding carboxylic acids is 1. The van der Waals surface area contributed by atoms with Gasteiger partial charge in [0, 0.05) is 5.92 Å². The predicted octanol–water partition coefficient (Wildman–Crippen LogP) is 2.40. The molecule has 2 fully saturated rings. The molecular weight excluding hydrogens is 214 g/mol. The lowest BCUT2D eigenvalue weighted by Crippen LogP contribution is -2.26. The van der Waals surface area contributed by atoms with Gasteiger partial charge in [0.1, 0.15) is 0 Å². The van der Waals surface area contributed by atoms with E-state index in [4.69, 9.17) is 0 Å². The van der Waals surface area contributed by atoms with Crippen molar-refractivity contribution in [3.63, 3.8) is 0 Å². The van der Waals surface area contributed by atoms with Crippen LogP contribution in [0.2, 0.25) is 0 Å². The van der Waals surface area contributed by atoms with Crippen LogP contribution in [-0.4, -0.2) is 16.1 Å². The number of H-pyrrole nitrogens is 1. The summed E-state index contributed by atoms with van der Waals surface area (Å²) >= 11 is 0.